The molecule has 0 radical (unpaired) electrons. The van der Waals surface area contributed by atoms with Crippen LogP contribution in [0.5, 0.6) is 0 Å². The van der Waals surface area contributed by atoms with Gasteiger partial charge in [-0.25, -0.2) is 0 Å². The lowest BCUT2D eigenvalue weighted by Gasteiger charge is -2.28. The topological polar surface area (TPSA) is 45.2 Å². The number of aliphatic hydroxyl groups is 1. The zero-order chi connectivity index (χ0) is 13.2. The minimum atomic E-state index is -0.532. The third-order valence-electron chi connectivity index (χ3n) is 3.80. The Morgan fingerprint density at radius 2 is 2.21 bits per heavy atom. The van der Waals surface area contributed by atoms with Crippen LogP contribution in [-0.2, 0) is 0 Å². The molecule has 2 heterocycles. The van der Waals surface area contributed by atoms with Crippen molar-refractivity contribution >= 4 is 22.5 Å². The molecule has 1 aromatic carbocycles. The van der Waals surface area contributed by atoms with E-state index in [1.807, 2.05) is 24.3 Å². The smallest absolute Gasteiger partial charge is 0.0963 e. The summed E-state index contributed by atoms with van der Waals surface area (Å²) in [6.07, 6.45) is 4.55. The summed E-state index contributed by atoms with van der Waals surface area (Å²) in [6, 6.07) is 7.64. The van der Waals surface area contributed by atoms with Gasteiger partial charge in [-0.05, 0) is 37.6 Å². The fourth-order valence-electron chi connectivity index (χ4n) is 2.76. The number of aliphatic hydroxyl groups excluding tert-OH is 1. The molecule has 0 saturated carbocycles. The Morgan fingerprint density at radius 1 is 1.32 bits per heavy atom. The molecule has 3 rings (SSSR count). The van der Waals surface area contributed by atoms with Crippen LogP contribution in [0.4, 0.5) is 0 Å². The maximum absolute atomic E-state index is 10.6. The van der Waals surface area contributed by atoms with E-state index < -0.39 is 6.10 Å². The Morgan fingerprint density at radius 3 is 3.00 bits per heavy atom. The molecule has 2 unspecified atom stereocenters. The van der Waals surface area contributed by atoms with Gasteiger partial charge in [-0.2, -0.15) is 0 Å². The summed E-state index contributed by atoms with van der Waals surface area (Å²) in [7, 11) is 0. The number of halogens is 1. The second-order valence-corrected chi connectivity index (χ2v) is 5.44. The Hall–Kier alpha value is -1.16. The SMILES string of the molecule is OC(c1ccc(Cl)c2cccnc12)C1CCCCN1. The predicted molar refractivity (Wildman–Crippen MR) is 77.4 cm³/mol. The summed E-state index contributed by atoms with van der Waals surface area (Å²) < 4.78 is 0. The summed E-state index contributed by atoms with van der Waals surface area (Å²) in [5, 5.41) is 15.6. The molecule has 0 aliphatic carbocycles. The van der Waals surface area contributed by atoms with Crippen LogP contribution in [0, 0.1) is 0 Å². The largest absolute Gasteiger partial charge is 0.387 e. The Kier molecular flexibility index (Phi) is 3.69. The summed E-state index contributed by atoms with van der Waals surface area (Å²) in [4.78, 5) is 4.39. The molecule has 1 fully saturated rings. The molecule has 1 saturated heterocycles. The first-order valence-electron chi connectivity index (χ1n) is 6.72. The van der Waals surface area contributed by atoms with Crippen LogP contribution in [0.2, 0.25) is 5.02 Å². The maximum Gasteiger partial charge on any atom is 0.0963 e. The monoisotopic (exact) mass is 276 g/mol. The Bertz CT molecular complexity index is 581. The first-order chi connectivity index (χ1) is 9.27. The predicted octanol–water partition coefficient (Wildman–Crippen LogP) is 3.06. The van der Waals surface area contributed by atoms with Crippen molar-refractivity contribution < 1.29 is 5.11 Å². The normalized spacial score (nSPS) is 21.5. The third kappa shape index (κ3) is 2.46. The lowest BCUT2D eigenvalue weighted by molar-refractivity contribution is 0.115. The molecule has 1 aromatic heterocycles. The van der Waals surface area contributed by atoms with Crippen molar-refractivity contribution in [2.75, 3.05) is 6.54 Å². The minimum absolute atomic E-state index is 0.111. The van der Waals surface area contributed by atoms with Crippen LogP contribution in [0.1, 0.15) is 30.9 Å². The lowest BCUT2D eigenvalue weighted by Crippen LogP contribution is -2.38. The number of rotatable bonds is 2. The molecule has 0 amide bonds. The molecule has 19 heavy (non-hydrogen) atoms. The quantitative estimate of drug-likeness (QED) is 0.886. The van der Waals surface area contributed by atoms with Crippen molar-refractivity contribution in [3.63, 3.8) is 0 Å². The molecular weight excluding hydrogens is 260 g/mol. The number of benzene rings is 1. The molecule has 0 bridgehead atoms. The van der Waals surface area contributed by atoms with Gasteiger partial charge in [0.05, 0.1) is 11.6 Å². The van der Waals surface area contributed by atoms with E-state index in [-0.39, 0.29) is 6.04 Å². The highest BCUT2D eigenvalue weighted by molar-refractivity contribution is 6.35. The zero-order valence-electron chi connectivity index (χ0n) is 10.6. The number of hydrogen-bond donors (Lipinski definition) is 2. The minimum Gasteiger partial charge on any atom is -0.387 e. The van der Waals surface area contributed by atoms with Gasteiger partial charge in [-0.15, -0.1) is 0 Å². The molecule has 4 heteroatoms. The molecule has 100 valence electrons. The number of hydrogen-bond acceptors (Lipinski definition) is 3. The van der Waals surface area contributed by atoms with E-state index in [0.717, 1.165) is 35.9 Å². The first-order valence-corrected chi connectivity index (χ1v) is 7.10. The van der Waals surface area contributed by atoms with E-state index in [1.165, 1.54) is 6.42 Å². The van der Waals surface area contributed by atoms with E-state index in [1.54, 1.807) is 6.20 Å². The Balaban J connectivity index is 2.02. The summed E-state index contributed by atoms with van der Waals surface area (Å²) >= 11 is 6.18. The Labute approximate surface area is 117 Å². The molecule has 2 atom stereocenters. The van der Waals surface area contributed by atoms with Gasteiger partial charge < -0.3 is 10.4 Å². The van der Waals surface area contributed by atoms with Crippen molar-refractivity contribution in [1.29, 1.82) is 0 Å². The van der Waals surface area contributed by atoms with Gasteiger partial charge in [-0.1, -0.05) is 24.1 Å². The number of nitrogens with one attached hydrogen (secondary N) is 1. The highest BCUT2D eigenvalue weighted by atomic mass is 35.5. The number of pyridine rings is 1. The number of nitrogens with zero attached hydrogens (tertiary/aromatic N) is 1. The van der Waals surface area contributed by atoms with Gasteiger partial charge in [0, 0.05) is 28.2 Å². The van der Waals surface area contributed by atoms with E-state index >= 15 is 0 Å². The second kappa shape index (κ2) is 5.45. The van der Waals surface area contributed by atoms with Crippen molar-refractivity contribution in [2.24, 2.45) is 0 Å². The van der Waals surface area contributed by atoms with E-state index in [0.29, 0.717) is 5.02 Å². The van der Waals surface area contributed by atoms with Crippen molar-refractivity contribution in [3.8, 4) is 0 Å². The van der Waals surface area contributed by atoms with Crippen LogP contribution in [0.25, 0.3) is 10.9 Å². The zero-order valence-corrected chi connectivity index (χ0v) is 11.4. The van der Waals surface area contributed by atoms with Crippen molar-refractivity contribution in [2.45, 2.75) is 31.4 Å². The summed E-state index contributed by atoms with van der Waals surface area (Å²) in [5.41, 5.74) is 1.66. The first kappa shape index (κ1) is 12.9. The van der Waals surface area contributed by atoms with Gasteiger partial charge in [0.25, 0.3) is 0 Å². The van der Waals surface area contributed by atoms with E-state index in [2.05, 4.69) is 10.3 Å². The molecule has 2 aromatic rings. The fourth-order valence-corrected chi connectivity index (χ4v) is 2.98. The van der Waals surface area contributed by atoms with Crippen LogP contribution in [0.3, 0.4) is 0 Å². The molecule has 0 spiro atoms. The number of piperidine rings is 1. The molecule has 1 aliphatic heterocycles. The molecular formula is C15H17ClN2O. The highest BCUT2D eigenvalue weighted by Gasteiger charge is 2.24. The molecule has 2 N–H and O–H groups in total. The summed E-state index contributed by atoms with van der Waals surface area (Å²) in [6.45, 7) is 0.973. The van der Waals surface area contributed by atoms with Crippen LogP contribution in [-0.4, -0.2) is 22.7 Å². The van der Waals surface area contributed by atoms with Gasteiger partial charge >= 0.3 is 0 Å². The summed E-state index contributed by atoms with van der Waals surface area (Å²) in [5.74, 6) is 0. The standard InChI is InChI=1S/C15H17ClN2O/c16-12-7-6-11(14-10(12)4-3-9-18-14)15(19)13-5-1-2-8-17-13/h3-4,6-7,9,13,15,17,19H,1-2,5,8H2. The molecule has 1 aliphatic rings. The average Bonchev–Trinajstić information content (AvgIpc) is 2.48. The second-order valence-electron chi connectivity index (χ2n) is 5.04. The van der Waals surface area contributed by atoms with Crippen LogP contribution < -0.4 is 5.32 Å². The average molecular weight is 277 g/mol. The van der Waals surface area contributed by atoms with Crippen molar-refractivity contribution in [3.05, 3.63) is 41.0 Å². The van der Waals surface area contributed by atoms with E-state index in [9.17, 15) is 5.11 Å². The van der Waals surface area contributed by atoms with Crippen LogP contribution in [0.15, 0.2) is 30.5 Å². The third-order valence-corrected chi connectivity index (χ3v) is 4.13. The fraction of sp³-hybridized carbons (Fsp3) is 0.400. The van der Waals surface area contributed by atoms with Crippen LogP contribution >= 0.6 is 11.6 Å². The maximum atomic E-state index is 10.6. The van der Waals surface area contributed by atoms with Gasteiger partial charge in [-0.3, -0.25) is 4.98 Å². The number of aromatic nitrogens is 1. The van der Waals surface area contributed by atoms with Crippen molar-refractivity contribution in [1.82, 2.24) is 10.3 Å². The van der Waals surface area contributed by atoms with Gasteiger partial charge in [0.15, 0.2) is 0 Å². The highest BCUT2D eigenvalue weighted by Crippen LogP contribution is 2.31. The molecule has 3 nitrogen and oxygen atoms in total. The number of fused-ring (bicyclic) bond motifs is 1. The van der Waals surface area contributed by atoms with Gasteiger partial charge in [0.2, 0.25) is 0 Å². The van der Waals surface area contributed by atoms with E-state index in [4.69, 9.17) is 11.6 Å². The lowest BCUT2D eigenvalue weighted by atomic mass is 9.93. The van der Waals surface area contributed by atoms with Gasteiger partial charge in [0.1, 0.15) is 0 Å².